The molecule has 23 heavy (non-hydrogen) atoms. The average molecular weight is 315 g/mol. The van der Waals surface area contributed by atoms with Crippen LogP contribution in [-0.4, -0.2) is 43.6 Å². The van der Waals surface area contributed by atoms with Gasteiger partial charge in [-0.15, -0.1) is 0 Å². The summed E-state index contributed by atoms with van der Waals surface area (Å²) in [6, 6.07) is 6.63. The largest absolute Gasteiger partial charge is 0.370 e. The van der Waals surface area contributed by atoms with E-state index in [1.54, 1.807) is 0 Å². The zero-order valence-electron chi connectivity index (χ0n) is 14.6. The Bertz CT molecular complexity index is 566. The Morgan fingerprint density at radius 3 is 2.87 bits per heavy atom. The molecule has 3 rings (SSSR count). The summed E-state index contributed by atoms with van der Waals surface area (Å²) in [4.78, 5) is 7.20. The molecule has 2 fully saturated rings. The standard InChI is InChI=1S/C19H29N3O/c1-4-20-19(21-12-16-6-7-16)22-9-10-23-18(13-22)17-8-5-14(2)11-15(17)3/h5,8,11,16,18H,4,6-7,9-10,12-13H2,1-3H3,(H,20,21). The maximum atomic E-state index is 6.06. The summed E-state index contributed by atoms with van der Waals surface area (Å²) in [6.07, 6.45) is 2.82. The van der Waals surface area contributed by atoms with Crippen LogP contribution in [0.5, 0.6) is 0 Å². The number of nitrogens with zero attached hydrogens (tertiary/aromatic N) is 2. The SMILES string of the molecule is CCNC(=NCC1CC1)N1CCOC(c2ccc(C)cc2C)C1. The molecule has 0 radical (unpaired) electrons. The van der Waals surface area contributed by atoms with Gasteiger partial charge in [0, 0.05) is 19.6 Å². The molecule has 0 spiro atoms. The van der Waals surface area contributed by atoms with Crippen LogP contribution in [0.4, 0.5) is 0 Å². The highest BCUT2D eigenvalue weighted by Gasteiger charge is 2.26. The van der Waals surface area contributed by atoms with Gasteiger partial charge in [0.05, 0.1) is 13.2 Å². The Kier molecular flexibility index (Phi) is 5.21. The van der Waals surface area contributed by atoms with Crippen LogP contribution < -0.4 is 5.32 Å². The number of hydrogen-bond donors (Lipinski definition) is 1. The van der Waals surface area contributed by atoms with Gasteiger partial charge in [-0.3, -0.25) is 4.99 Å². The molecule has 1 aliphatic carbocycles. The zero-order chi connectivity index (χ0) is 16.2. The number of guanidine groups is 1. The van der Waals surface area contributed by atoms with Gasteiger partial charge >= 0.3 is 0 Å². The topological polar surface area (TPSA) is 36.9 Å². The van der Waals surface area contributed by atoms with Gasteiger partial charge in [-0.25, -0.2) is 0 Å². The molecule has 1 heterocycles. The lowest BCUT2D eigenvalue weighted by Crippen LogP contribution is -2.48. The first-order valence-electron chi connectivity index (χ1n) is 8.89. The second-order valence-electron chi connectivity index (χ2n) is 6.80. The first kappa shape index (κ1) is 16.3. The van der Waals surface area contributed by atoms with Crippen molar-refractivity contribution in [1.82, 2.24) is 10.2 Å². The van der Waals surface area contributed by atoms with Crippen LogP contribution in [0.25, 0.3) is 0 Å². The Morgan fingerprint density at radius 1 is 1.35 bits per heavy atom. The van der Waals surface area contributed by atoms with Crippen LogP contribution in [0.2, 0.25) is 0 Å². The average Bonchev–Trinajstić information content (AvgIpc) is 3.36. The van der Waals surface area contributed by atoms with Crippen molar-refractivity contribution < 1.29 is 4.74 Å². The van der Waals surface area contributed by atoms with Gasteiger partial charge in [-0.1, -0.05) is 23.8 Å². The highest BCUT2D eigenvalue weighted by molar-refractivity contribution is 5.80. The molecule has 2 aliphatic rings. The monoisotopic (exact) mass is 315 g/mol. The molecular weight excluding hydrogens is 286 g/mol. The number of benzene rings is 1. The van der Waals surface area contributed by atoms with Crippen LogP contribution in [0, 0.1) is 19.8 Å². The zero-order valence-corrected chi connectivity index (χ0v) is 14.6. The summed E-state index contributed by atoms with van der Waals surface area (Å²) in [6.45, 7) is 10.9. The van der Waals surface area contributed by atoms with E-state index in [9.17, 15) is 0 Å². The molecule has 4 heteroatoms. The molecule has 1 aromatic rings. The number of morpholine rings is 1. The molecule has 126 valence electrons. The molecule has 4 nitrogen and oxygen atoms in total. The van der Waals surface area contributed by atoms with E-state index in [2.05, 4.69) is 49.2 Å². The second-order valence-corrected chi connectivity index (χ2v) is 6.80. The fourth-order valence-electron chi connectivity index (χ4n) is 3.16. The third kappa shape index (κ3) is 4.25. The number of aliphatic imine (C=N–C) groups is 1. The molecule has 1 N–H and O–H groups in total. The summed E-state index contributed by atoms with van der Waals surface area (Å²) < 4.78 is 6.06. The fourth-order valence-corrected chi connectivity index (χ4v) is 3.16. The van der Waals surface area contributed by atoms with Crippen molar-refractivity contribution >= 4 is 5.96 Å². The highest BCUT2D eigenvalue weighted by atomic mass is 16.5. The molecule has 1 atom stereocenters. The van der Waals surface area contributed by atoms with E-state index in [0.29, 0.717) is 0 Å². The van der Waals surface area contributed by atoms with E-state index in [-0.39, 0.29) is 6.10 Å². The van der Waals surface area contributed by atoms with Crippen LogP contribution in [0.3, 0.4) is 0 Å². The molecule has 1 saturated carbocycles. The van der Waals surface area contributed by atoms with Crippen molar-refractivity contribution in [2.24, 2.45) is 10.9 Å². The lowest BCUT2D eigenvalue weighted by atomic mass is 10.00. The predicted octanol–water partition coefficient (Wildman–Crippen LogP) is 3.05. The molecule has 1 saturated heterocycles. The molecule has 1 unspecified atom stereocenters. The third-order valence-electron chi connectivity index (χ3n) is 4.67. The maximum Gasteiger partial charge on any atom is 0.194 e. The minimum Gasteiger partial charge on any atom is -0.370 e. The van der Waals surface area contributed by atoms with E-state index in [1.165, 1.54) is 29.5 Å². The number of nitrogens with one attached hydrogen (secondary N) is 1. The van der Waals surface area contributed by atoms with E-state index in [0.717, 1.165) is 44.7 Å². The summed E-state index contributed by atoms with van der Waals surface area (Å²) in [5, 5.41) is 3.45. The second kappa shape index (κ2) is 7.35. The maximum absolute atomic E-state index is 6.06. The van der Waals surface area contributed by atoms with Gasteiger partial charge in [0.1, 0.15) is 6.10 Å². The molecule has 0 amide bonds. The summed E-state index contributed by atoms with van der Waals surface area (Å²) in [5.74, 6) is 1.87. The minimum absolute atomic E-state index is 0.133. The van der Waals surface area contributed by atoms with Gasteiger partial charge in [-0.05, 0) is 50.7 Å². The van der Waals surface area contributed by atoms with Crippen molar-refractivity contribution in [2.45, 2.75) is 39.7 Å². The van der Waals surface area contributed by atoms with Crippen LogP contribution >= 0.6 is 0 Å². The molecular formula is C19H29N3O. The van der Waals surface area contributed by atoms with Gasteiger partial charge < -0.3 is 15.0 Å². The van der Waals surface area contributed by atoms with Crippen LogP contribution in [-0.2, 0) is 4.74 Å². The minimum atomic E-state index is 0.133. The molecule has 0 bridgehead atoms. The van der Waals surface area contributed by atoms with Gasteiger partial charge in [0.25, 0.3) is 0 Å². The van der Waals surface area contributed by atoms with E-state index >= 15 is 0 Å². The van der Waals surface area contributed by atoms with Crippen molar-refractivity contribution in [1.29, 1.82) is 0 Å². The van der Waals surface area contributed by atoms with Gasteiger partial charge in [0.2, 0.25) is 0 Å². The number of hydrogen-bond acceptors (Lipinski definition) is 2. The Hall–Kier alpha value is -1.55. The van der Waals surface area contributed by atoms with Gasteiger partial charge in [-0.2, -0.15) is 0 Å². The smallest absolute Gasteiger partial charge is 0.194 e. The quantitative estimate of drug-likeness (QED) is 0.685. The Morgan fingerprint density at radius 2 is 2.17 bits per heavy atom. The van der Waals surface area contributed by atoms with E-state index in [4.69, 9.17) is 9.73 Å². The fraction of sp³-hybridized carbons (Fsp3) is 0.632. The van der Waals surface area contributed by atoms with Crippen LogP contribution in [0.15, 0.2) is 23.2 Å². The van der Waals surface area contributed by atoms with E-state index in [1.807, 2.05) is 0 Å². The van der Waals surface area contributed by atoms with Crippen molar-refractivity contribution in [3.05, 3.63) is 34.9 Å². The first-order chi connectivity index (χ1) is 11.2. The Balaban J connectivity index is 1.71. The van der Waals surface area contributed by atoms with E-state index < -0.39 is 0 Å². The molecule has 1 aliphatic heterocycles. The van der Waals surface area contributed by atoms with Crippen molar-refractivity contribution in [3.8, 4) is 0 Å². The van der Waals surface area contributed by atoms with Crippen LogP contribution in [0.1, 0.15) is 42.6 Å². The summed E-state index contributed by atoms with van der Waals surface area (Å²) >= 11 is 0. The lowest BCUT2D eigenvalue weighted by molar-refractivity contribution is -0.00833. The first-order valence-corrected chi connectivity index (χ1v) is 8.89. The number of aryl methyl sites for hydroxylation is 2. The van der Waals surface area contributed by atoms with Crippen molar-refractivity contribution in [3.63, 3.8) is 0 Å². The number of ether oxygens (including phenoxy) is 1. The molecule has 0 aromatic heterocycles. The van der Waals surface area contributed by atoms with Gasteiger partial charge in [0.15, 0.2) is 5.96 Å². The Labute approximate surface area is 139 Å². The van der Waals surface area contributed by atoms with Crippen molar-refractivity contribution in [2.75, 3.05) is 32.8 Å². The third-order valence-corrected chi connectivity index (χ3v) is 4.67. The lowest BCUT2D eigenvalue weighted by Gasteiger charge is -2.36. The highest BCUT2D eigenvalue weighted by Crippen LogP contribution is 2.29. The molecule has 1 aromatic carbocycles. The normalized spacial score (nSPS) is 22.3. The summed E-state index contributed by atoms with van der Waals surface area (Å²) in [7, 11) is 0. The predicted molar refractivity (Wildman–Crippen MR) is 94.9 cm³/mol. The number of rotatable bonds is 4. The summed E-state index contributed by atoms with van der Waals surface area (Å²) in [5.41, 5.74) is 3.92.